The molecule has 0 spiro atoms. The summed E-state index contributed by atoms with van der Waals surface area (Å²) in [7, 11) is 0. The van der Waals surface area contributed by atoms with E-state index in [9.17, 15) is 0 Å². The zero-order valence-corrected chi connectivity index (χ0v) is 7.54. The lowest BCUT2D eigenvalue weighted by molar-refractivity contribution is 0.274. The number of aliphatic hydroxyl groups excluding tert-OH is 1. The van der Waals surface area contributed by atoms with Crippen molar-refractivity contribution in [2.45, 2.75) is 12.5 Å². The lowest BCUT2D eigenvalue weighted by atomic mass is 10.2. The van der Waals surface area contributed by atoms with Crippen LogP contribution in [0.5, 0.6) is 0 Å². The Morgan fingerprint density at radius 1 is 1.50 bits per heavy atom. The molecule has 0 amide bonds. The maximum absolute atomic E-state index is 8.76. The second kappa shape index (κ2) is 3.69. The van der Waals surface area contributed by atoms with E-state index in [2.05, 4.69) is 15.2 Å². The van der Waals surface area contributed by atoms with E-state index in [0.717, 1.165) is 0 Å². The Labute approximate surface area is 80.4 Å². The Morgan fingerprint density at radius 3 is 3.14 bits per heavy atom. The van der Waals surface area contributed by atoms with Crippen molar-refractivity contribution in [1.82, 2.24) is 19.6 Å². The van der Waals surface area contributed by atoms with Crippen molar-refractivity contribution in [2.75, 3.05) is 6.61 Å². The van der Waals surface area contributed by atoms with Crippen LogP contribution < -0.4 is 5.73 Å². The molecular formula is C8H11N5O. The van der Waals surface area contributed by atoms with Crippen molar-refractivity contribution in [3.8, 4) is 0 Å². The predicted molar refractivity (Wildman–Crippen MR) is 49.4 cm³/mol. The molecule has 1 atom stereocenters. The standard InChI is InChI=1S/C8H11N5O/c9-6(1-4-14)8-12-11-7-5-10-2-3-13(7)8/h2-3,5-6,14H,1,4,9H2. The van der Waals surface area contributed by atoms with Crippen molar-refractivity contribution in [3.63, 3.8) is 0 Å². The van der Waals surface area contributed by atoms with Gasteiger partial charge in [-0.05, 0) is 6.42 Å². The first-order valence-electron chi connectivity index (χ1n) is 4.34. The molecule has 6 nitrogen and oxygen atoms in total. The largest absolute Gasteiger partial charge is 0.396 e. The second-order valence-electron chi connectivity index (χ2n) is 2.98. The number of hydrogen-bond acceptors (Lipinski definition) is 5. The van der Waals surface area contributed by atoms with Gasteiger partial charge in [-0.15, -0.1) is 10.2 Å². The average Bonchev–Trinajstić information content (AvgIpc) is 2.61. The molecule has 0 radical (unpaired) electrons. The van der Waals surface area contributed by atoms with E-state index in [1.165, 1.54) is 0 Å². The first-order valence-corrected chi connectivity index (χ1v) is 4.34. The molecule has 0 saturated carbocycles. The van der Waals surface area contributed by atoms with Gasteiger partial charge in [0, 0.05) is 19.0 Å². The minimum atomic E-state index is -0.294. The molecule has 0 fully saturated rings. The van der Waals surface area contributed by atoms with Crippen molar-refractivity contribution in [2.24, 2.45) is 5.73 Å². The molecular weight excluding hydrogens is 182 g/mol. The van der Waals surface area contributed by atoms with Crippen molar-refractivity contribution >= 4 is 5.65 Å². The third kappa shape index (κ3) is 1.45. The van der Waals surface area contributed by atoms with Crippen molar-refractivity contribution in [3.05, 3.63) is 24.4 Å². The fourth-order valence-electron chi connectivity index (χ4n) is 1.29. The van der Waals surface area contributed by atoms with Crippen molar-refractivity contribution in [1.29, 1.82) is 0 Å². The predicted octanol–water partition coefficient (Wildman–Crippen LogP) is -0.494. The number of nitrogens with zero attached hydrogens (tertiary/aromatic N) is 4. The monoisotopic (exact) mass is 193 g/mol. The Morgan fingerprint density at radius 2 is 2.36 bits per heavy atom. The number of rotatable bonds is 3. The van der Waals surface area contributed by atoms with E-state index in [-0.39, 0.29) is 12.6 Å². The van der Waals surface area contributed by atoms with E-state index in [1.807, 2.05) is 0 Å². The van der Waals surface area contributed by atoms with E-state index < -0.39 is 0 Å². The van der Waals surface area contributed by atoms with E-state index in [4.69, 9.17) is 10.8 Å². The summed E-state index contributed by atoms with van der Waals surface area (Å²) in [6.45, 7) is 0.0428. The van der Waals surface area contributed by atoms with Crippen LogP contribution in [0.4, 0.5) is 0 Å². The zero-order valence-electron chi connectivity index (χ0n) is 7.54. The minimum absolute atomic E-state index is 0.0428. The van der Waals surface area contributed by atoms with Crippen LogP contribution in [0.25, 0.3) is 5.65 Å². The van der Waals surface area contributed by atoms with E-state index in [1.54, 1.807) is 23.0 Å². The van der Waals surface area contributed by atoms with Gasteiger partial charge in [-0.1, -0.05) is 0 Å². The molecule has 2 rings (SSSR count). The molecule has 0 aliphatic heterocycles. The quantitative estimate of drug-likeness (QED) is 0.686. The zero-order chi connectivity index (χ0) is 9.97. The fraction of sp³-hybridized carbons (Fsp3) is 0.375. The van der Waals surface area contributed by atoms with Crippen molar-refractivity contribution < 1.29 is 5.11 Å². The third-order valence-electron chi connectivity index (χ3n) is 2.01. The SMILES string of the molecule is NC(CCO)c1nnc2cnccn12. The molecule has 2 aromatic rings. The van der Waals surface area contributed by atoms with Crippen LogP contribution >= 0.6 is 0 Å². The number of fused-ring (bicyclic) bond motifs is 1. The van der Waals surface area contributed by atoms with Gasteiger partial charge in [0.15, 0.2) is 11.5 Å². The Bertz CT molecular complexity index is 426. The Balaban J connectivity index is 2.42. The summed E-state index contributed by atoms with van der Waals surface area (Å²) in [4.78, 5) is 3.92. The van der Waals surface area contributed by atoms with Gasteiger partial charge in [-0.25, -0.2) is 0 Å². The van der Waals surface area contributed by atoms with Crippen LogP contribution in [0.15, 0.2) is 18.6 Å². The normalized spacial score (nSPS) is 13.3. The highest BCUT2D eigenvalue weighted by Crippen LogP contribution is 2.11. The summed E-state index contributed by atoms with van der Waals surface area (Å²) in [6, 6.07) is -0.294. The molecule has 0 aliphatic rings. The second-order valence-corrected chi connectivity index (χ2v) is 2.98. The van der Waals surface area contributed by atoms with Crippen LogP contribution in [0, 0.1) is 0 Å². The Hall–Kier alpha value is -1.53. The summed E-state index contributed by atoms with van der Waals surface area (Å²) in [5, 5.41) is 16.6. The first-order chi connectivity index (χ1) is 6.83. The molecule has 2 heterocycles. The minimum Gasteiger partial charge on any atom is -0.396 e. The molecule has 0 bridgehead atoms. The van der Waals surface area contributed by atoms with Crippen LogP contribution in [0.1, 0.15) is 18.3 Å². The van der Waals surface area contributed by atoms with Crippen LogP contribution in [0.3, 0.4) is 0 Å². The highest BCUT2D eigenvalue weighted by molar-refractivity contribution is 5.34. The van der Waals surface area contributed by atoms with Gasteiger partial charge in [-0.2, -0.15) is 0 Å². The van der Waals surface area contributed by atoms with Crippen LogP contribution in [-0.2, 0) is 0 Å². The Kier molecular flexibility index (Phi) is 2.38. The van der Waals surface area contributed by atoms with Gasteiger partial charge in [0.05, 0.1) is 12.2 Å². The van der Waals surface area contributed by atoms with Gasteiger partial charge in [0.1, 0.15) is 0 Å². The topological polar surface area (TPSA) is 89.3 Å². The molecule has 1 unspecified atom stereocenters. The van der Waals surface area contributed by atoms with Crippen LogP contribution in [-0.4, -0.2) is 31.3 Å². The van der Waals surface area contributed by atoms with Gasteiger partial charge in [-0.3, -0.25) is 9.38 Å². The summed E-state index contributed by atoms with van der Waals surface area (Å²) in [5.74, 6) is 0.649. The fourth-order valence-corrected chi connectivity index (χ4v) is 1.29. The van der Waals surface area contributed by atoms with E-state index in [0.29, 0.717) is 17.9 Å². The number of aromatic nitrogens is 4. The highest BCUT2D eigenvalue weighted by Gasteiger charge is 2.12. The van der Waals surface area contributed by atoms with Gasteiger partial charge < -0.3 is 10.8 Å². The molecule has 14 heavy (non-hydrogen) atoms. The van der Waals surface area contributed by atoms with Gasteiger partial charge >= 0.3 is 0 Å². The van der Waals surface area contributed by atoms with Crippen LogP contribution in [0.2, 0.25) is 0 Å². The summed E-state index contributed by atoms with van der Waals surface area (Å²) >= 11 is 0. The number of nitrogens with two attached hydrogens (primary N) is 1. The highest BCUT2D eigenvalue weighted by atomic mass is 16.3. The molecule has 2 aromatic heterocycles. The van der Waals surface area contributed by atoms with E-state index >= 15 is 0 Å². The maximum Gasteiger partial charge on any atom is 0.179 e. The lowest BCUT2D eigenvalue weighted by Gasteiger charge is -2.06. The van der Waals surface area contributed by atoms with Gasteiger partial charge in [0.25, 0.3) is 0 Å². The summed E-state index contributed by atoms with van der Waals surface area (Å²) < 4.78 is 1.77. The molecule has 3 N–H and O–H groups in total. The smallest absolute Gasteiger partial charge is 0.179 e. The lowest BCUT2D eigenvalue weighted by Crippen LogP contribution is -2.15. The summed E-state index contributed by atoms with van der Waals surface area (Å²) in [5.41, 5.74) is 6.48. The first kappa shape index (κ1) is 9.04. The maximum atomic E-state index is 8.76. The molecule has 74 valence electrons. The molecule has 0 saturated heterocycles. The number of aliphatic hydroxyl groups is 1. The third-order valence-corrected chi connectivity index (χ3v) is 2.01. The molecule has 6 heteroatoms. The summed E-state index contributed by atoms with van der Waals surface area (Å²) in [6.07, 6.45) is 5.48. The average molecular weight is 193 g/mol. The molecule has 0 aliphatic carbocycles. The number of hydrogen-bond donors (Lipinski definition) is 2. The molecule has 0 aromatic carbocycles. The van der Waals surface area contributed by atoms with Gasteiger partial charge in [0.2, 0.25) is 0 Å².